The smallest absolute Gasteiger partial charge is 0.748 e. The van der Waals surface area contributed by atoms with E-state index in [1.807, 2.05) is 0 Å². The van der Waals surface area contributed by atoms with Crippen molar-refractivity contribution in [3.8, 4) is 0 Å². The van der Waals surface area contributed by atoms with Crippen LogP contribution in [0.15, 0.2) is 0 Å². The summed E-state index contributed by atoms with van der Waals surface area (Å²) in [5, 5.41) is -0.662. The second-order valence-corrected chi connectivity index (χ2v) is 5.23. The zero-order valence-electron chi connectivity index (χ0n) is 9.17. The first-order valence-corrected chi connectivity index (χ1v) is 5.18. The Bertz CT molecular complexity index is 243. The van der Waals surface area contributed by atoms with Crippen LogP contribution in [0.5, 0.6) is 0 Å². The van der Waals surface area contributed by atoms with Gasteiger partial charge in [-0.15, -0.1) is 0 Å². The Morgan fingerprint density at radius 1 is 1.58 bits per heavy atom. The summed E-state index contributed by atoms with van der Waals surface area (Å²) >= 11 is 0. The Labute approximate surface area is 103 Å². The van der Waals surface area contributed by atoms with Gasteiger partial charge in [0.25, 0.3) is 0 Å². The predicted molar refractivity (Wildman–Crippen MR) is 43.6 cm³/mol. The molecule has 0 aliphatic carbocycles. The van der Waals surface area contributed by atoms with Gasteiger partial charge in [0.2, 0.25) is 0 Å². The summed E-state index contributed by atoms with van der Waals surface area (Å²) in [5.74, 6) is -0.417. The molecule has 3 radical (unpaired) electrons. The van der Waals surface area contributed by atoms with Crippen LogP contribution in [-0.2, 0) is 10.1 Å². The molecule has 0 aliphatic rings. The Hall–Kier alpha value is 1.13. The first kappa shape index (κ1) is 11.2. The van der Waals surface area contributed by atoms with Crippen LogP contribution < -0.4 is 29.6 Å². The van der Waals surface area contributed by atoms with Crippen LogP contribution in [-0.4, -0.2) is 29.0 Å². The standard InChI is InChI=1S/C6H13O3SSi.Na/c1-6(2,11)4-3-5-10(7,8)9;/h3-5H2,1-2H3,(H,7,8,9);/q;+1/p-1/i1D,2D;. The first-order valence-electron chi connectivity index (χ1n) is 4.51. The van der Waals surface area contributed by atoms with Crippen LogP contribution in [0, 0.1) is 0 Å². The molecule has 0 aromatic rings. The molecule has 0 fully saturated rings. The monoisotopic (exact) mass is 217 g/mol. The molecule has 0 aromatic heterocycles. The van der Waals surface area contributed by atoms with Gasteiger partial charge in [0.1, 0.15) is 0 Å². The van der Waals surface area contributed by atoms with E-state index in [1.165, 1.54) is 0 Å². The molecule has 0 aliphatic heterocycles. The molecule has 0 rings (SSSR count). The van der Waals surface area contributed by atoms with Crippen molar-refractivity contribution in [2.24, 2.45) is 0 Å². The minimum atomic E-state index is -4.16. The minimum Gasteiger partial charge on any atom is -0.748 e. The zero-order valence-corrected chi connectivity index (χ0v) is 11.0. The molecule has 0 saturated heterocycles. The van der Waals surface area contributed by atoms with Gasteiger partial charge in [-0.1, -0.05) is 20.2 Å². The second kappa shape index (κ2) is 5.77. The van der Waals surface area contributed by atoms with Crippen molar-refractivity contribution < 1.29 is 45.3 Å². The number of hydrogen-bond acceptors (Lipinski definition) is 3. The second-order valence-electron chi connectivity index (χ2n) is 2.65. The molecular weight excluding hydrogens is 203 g/mol. The topological polar surface area (TPSA) is 57.2 Å². The van der Waals surface area contributed by atoms with Gasteiger partial charge >= 0.3 is 29.6 Å². The van der Waals surface area contributed by atoms with E-state index < -0.39 is 20.9 Å². The summed E-state index contributed by atoms with van der Waals surface area (Å²) < 4.78 is 44.9. The maximum atomic E-state index is 10.2. The van der Waals surface area contributed by atoms with Crippen molar-refractivity contribution in [3.05, 3.63) is 0 Å². The molecule has 0 unspecified atom stereocenters. The Morgan fingerprint density at radius 2 is 2.08 bits per heavy atom. The Morgan fingerprint density at radius 3 is 2.42 bits per heavy atom. The van der Waals surface area contributed by atoms with E-state index >= 15 is 0 Å². The van der Waals surface area contributed by atoms with E-state index in [9.17, 15) is 13.0 Å². The van der Waals surface area contributed by atoms with Gasteiger partial charge in [-0.05, 0) is 11.5 Å². The summed E-state index contributed by atoms with van der Waals surface area (Å²) in [5.41, 5.74) is 0. The van der Waals surface area contributed by atoms with Crippen LogP contribution in [0.4, 0.5) is 0 Å². The zero-order chi connectivity index (χ0) is 10.5. The summed E-state index contributed by atoms with van der Waals surface area (Å²) in [6.07, 6.45) is 0.561. The molecule has 3 nitrogen and oxygen atoms in total. The fourth-order valence-electron chi connectivity index (χ4n) is 0.587. The maximum absolute atomic E-state index is 10.2. The summed E-state index contributed by atoms with van der Waals surface area (Å²) in [6, 6.07) is 0. The van der Waals surface area contributed by atoms with Crippen molar-refractivity contribution in [3.63, 3.8) is 0 Å². The molecule has 12 heavy (non-hydrogen) atoms. The van der Waals surface area contributed by atoms with E-state index in [0.29, 0.717) is 6.42 Å². The van der Waals surface area contributed by atoms with Gasteiger partial charge in [-0.2, -0.15) is 0 Å². The largest absolute Gasteiger partial charge is 1.00 e. The van der Waals surface area contributed by atoms with Gasteiger partial charge in [-0.25, -0.2) is 8.42 Å². The van der Waals surface area contributed by atoms with Gasteiger partial charge in [-0.3, -0.25) is 0 Å². The van der Waals surface area contributed by atoms with Crippen molar-refractivity contribution in [1.82, 2.24) is 0 Å². The van der Waals surface area contributed by atoms with Crippen molar-refractivity contribution in [2.45, 2.75) is 31.7 Å². The fourth-order valence-corrected chi connectivity index (χ4v) is 1.26. The molecule has 0 spiro atoms. The first-order chi connectivity index (χ1) is 5.83. The van der Waals surface area contributed by atoms with Gasteiger partial charge in [0.15, 0.2) is 0 Å². The van der Waals surface area contributed by atoms with E-state index in [1.54, 1.807) is 0 Å². The van der Waals surface area contributed by atoms with E-state index in [0.717, 1.165) is 0 Å². The van der Waals surface area contributed by atoms with Crippen molar-refractivity contribution >= 4 is 20.4 Å². The molecule has 0 bridgehead atoms. The van der Waals surface area contributed by atoms with Gasteiger partial charge in [0, 0.05) is 18.7 Å². The fraction of sp³-hybridized carbons (Fsp3) is 1.00. The van der Waals surface area contributed by atoms with E-state index in [2.05, 4.69) is 10.2 Å². The average molecular weight is 217 g/mol. The molecule has 0 N–H and O–H groups in total. The van der Waals surface area contributed by atoms with Crippen LogP contribution >= 0.6 is 0 Å². The van der Waals surface area contributed by atoms with Crippen molar-refractivity contribution in [2.75, 3.05) is 5.75 Å². The molecule has 0 atom stereocenters. The molecule has 0 heterocycles. The average Bonchev–Trinajstić information content (AvgIpc) is 2.02. The quantitative estimate of drug-likeness (QED) is 0.392. The third-order valence-electron chi connectivity index (χ3n) is 1.05. The maximum Gasteiger partial charge on any atom is 1.00 e. The van der Waals surface area contributed by atoms with Crippen LogP contribution in [0.1, 0.15) is 29.4 Å². The van der Waals surface area contributed by atoms with Crippen LogP contribution in [0.2, 0.25) is 5.04 Å². The third kappa shape index (κ3) is 13.7. The Balaban J connectivity index is 0. The number of rotatable bonds is 4. The molecule has 0 saturated carbocycles. The van der Waals surface area contributed by atoms with Crippen LogP contribution in [0.25, 0.3) is 0 Å². The summed E-state index contributed by atoms with van der Waals surface area (Å²) in [4.78, 5) is 0. The molecular formula is C6H12NaO3SSi. The summed E-state index contributed by atoms with van der Waals surface area (Å²) in [6.45, 7) is 0.0125. The van der Waals surface area contributed by atoms with Gasteiger partial charge < -0.3 is 4.55 Å². The molecule has 65 valence electrons. The Kier molecular flexibility index (Phi) is 5.39. The number of hydrogen-bond donors (Lipinski definition) is 0. The third-order valence-corrected chi connectivity index (χ3v) is 2.09. The van der Waals surface area contributed by atoms with Crippen LogP contribution in [0.3, 0.4) is 0 Å². The minimum absolute atomic E-state index is 0. The SMILES string of the molecule is [2H]CC([Si])(C[2H])CCCS(=O)(=O)[O-].[Na+]. The molecule has 6 heteroatoms. The molecule has 0 aromatic carbocycles. The van der Waals surface area contributed by atoms with E-state index in [-0.39, 0.29) is 49.8 Å². The van der Waals surface area contributed by atoms with Crippen molar-refractivity contribution in [1.29, 1.82) is 0 Å². The van der Waals surface area contributed by atoms with E-state index in [4.69, 9.17) is 2.74 Å². The normalized spacial score (nSPS) is 14.5. The molecule has 0 amide bonds. The predicted octanol–water partition coefficient (Wildman–Crippen LogP) is -2.32. The van der Waals surface area contributed by atoms with Gasteiger partial charge in [0.05, 0.1) is 10.1 Å². The summed E-state index contributed by atoms with van der Waals surface area (Å²) in [7, 11) is -0.925.